The summed E-state index contributed by atoms with van der Waals surface area (Å²) >= 11 is 12.7. The highest BCUT2D eigenvalue weighted by Crippen LogP contribution is 2.23. The molecular weight excluding hydrogens is 857 g/mol. The first-order valence-corrected chi connectivity index (χ1v) is 20.5. The van der Waals surface area contributed by atoms with Gasteiger partial charge in [0.15, 0.2) is 0 Å². The van der Waals surface area contributed by atoms with Crippen molar-refractivity contribution >= 4 is 76.3 Å². The van der Waals surface area contributed by atoms with Crippen molar-refractivity contribution in [1.82, 2.24) is 21.3 Å². The number of anilines is 1. The molecule has 0 aliphatic carbocycles. The van der Waals surface area contributed by atoms with Gasteiger partial charge in [0.1, 0.15) is 24.2 Å². The second-order valence-electron chi connectivity index (χ2n) is 14.7. The summed E-state index contributed by atoms with van der Waals surface area (Å²) in [5.41, 5.74) is 2.25. The summed E-state index contributed by atoms with van der Waals surface area (Å²) < 4.78 is 10.5. The number of ether oxygens (including phenoxy) is 2. The minimum atomic E-state index is -2.13. The number of fused-ring (bicyclic) bond motifs is 18. The number of hydrogen-bond acceptors (Lipinski definition) is 10. The normalized spacial score (nSPS) is 21.3. The molecule has 0 saturated carbocycles. The average molecular weight is 903 g/mol. The van der Waals surface area contributed by atoms with E-state index in [0.717, 1.165) is 19.4 Å². The molecule has 0 fully saturated rings. The molecule has 0 radical (unpaired) electrons. The van der Waals surface area contributed by atoms with E-state index in [2.05, 4.69) is 26.6 Å². The van der Waals surface area contributed by atoms with Crippen LogP contribution in [0.5, 0.6) is 0 Å². The van der Waals surface area contributed by atoms with Crippen molar-refractivity contribution in [3.05, 3.63) is 135 Å². The van der Waals surface area contributed by atoms with Crippen molar-refractivity contribution in [2.75, 3.05) is 5.32 Å². The number of carbonyl (C=O) groups is 8. The molecule has 63 heavy (non-hydrogen) atoms. The Morgan fingerprint density at radius 1 is 0.619 bits per heavy atom. The van der Waals surface area contributed by atoms with E-state index in [1.54, 1.807) is 48.5 Å². The summed E-state index contributed by atoms with van der Waals surface area (Å²) in [6, 6.07) is 21.9. The third-order valence-electron chi connectivity index (χ3n) is 9.84. The molecule has 2 heterocycles. The maximum atomic E-state index is 14.5. The minimum absolute atomic E-state index is 0.0123. The molecule has 18 heteroatoms. The van der Waals surface area contributed by atoms with Crippen LogP contribution >= 0.6 is 23.2 Å². The fraction of sp³-hybridized carbons (Fsp3) is 0.289. The van der Waals surface area contributed by atoms with Crippen LogP contribution in [0.1, 0.15) is 42.5 Å². The highest BCUT2D eigenvalue weighted by atomic mass is 35.5. The Bertz CT molecular complexity index is 2320. The first-order valence-electron chi connectivity index (χ1n) is 19.8. The van der Waals surface area contributed by atoms with Crippen LogP contribution in [-0.4, -0.2) is 88.9 Å². The van der Waals surface area contributed by atoms with E-state index in [1.165, 1.54) is 36.4 Å². The number of benzene rings is 4. The van der Waals surface area contributed by atoms with Gasteiger partial charge in [-0.2, -0.15) is 0 Å². The Labute approximate surface area is 372 Å². The summed E-state index contributed by atoms with van der Waals surface area (Å²) in [5, 5.41) is 23.6. The third kappa shape index (κ3) is 14.1. The summed E-state index contributed by atoms with van der Waals surface area (Å²) in [4.78, 5) is 108. The van der Waals surface area contributed by atoms with Crippen LogP contribution in [0.25, 0.3) is 0 Å². The average Bonchev–Trinajstić information content (AvgIpc) is 3.24. The number of aryl methyl sites for hydroxylation is 1. The predicted octanol–water partition coefficient (Wildman–Crippen LogP) is 3.49. The summed E-state index contributed by atoms with van der Waals surface area (Å²) in [6.07, 6.45) is -4.59. The van der Waals surface area contributed by atoms with Gasteiger partial charge in [0, 0.05) is 48.8 Å². The highest BCUT2D eigenvalue weighted by molar-refractivity contribution is 6.35. The maximum absolute atomic E-state index is 14.5. The van der Waals surface area contributed by atoms with Crippen molar-refractivity contribution < 1.29 is 52.9 Å². The molecule has 6 N–H and O–H groups in total. The molecule has 2 bridgehead atoms. The largest absolute Gasteiger partial charge is 0.480 e. The number of rotatable bonds is 10. The van der Waals surface area contributed by atoms with Crippen molar-refractivity contribution in [2.24, 2.45) is 0 Å². The molecule has 4 aromatic rings. The first-order chi connectivity index (χ1) is 30.1. The number of halogens is 2. The lowest BCUT2D eigenvalue weighted by Gasteiger charge is -2.28. The molecule has 0 aromatic heterocycles. The maximum Gasteiger partial charge on any atom is 0.326 e. The molecule has 0 unspecified atom stereocenters. The number of carboxylic acid groups (broad SMARTS) is 1. The van der Waals surface area contributed by atoms with Crippen LogP contribution in [0.4, 0.5) is 5.69 Å². The number of hydrogen-bond donors (Lipinski definition) is 6. The van der Waals surface area contributed by atoms with Crippen LogP contribution in [0.3, 0.4) is 0 Å². The zero-order valence-corrected chi connectivity index (χ0v) is 35.6. The van der Waals surface area contributed by atoms with E-state index in [0.29, 0.717) is 21.7 Å². The van der Waals surface area contributed by atoms with Crippen LogP contribution in [0, 0.1) is 0 Å². The molecule has 2 aliphatic heterocycles. The van der Waals surface area contributed by atoms with Crippen LogP contribution in [0.2, 0.25) is 10.0 Å². The summed E-state index contributed by atoms with van der Waals surface area (Å²) in [6.45, 7) is 1.93. The van der Waals surface area contributed by atoms with E-state index >= 15 is 0 Å². The third-order valence-corrected chi connectivity index (χ3v) is 10.4. The van der Waals surface area contributed by atoms with E-state index in [4.69, 9.17) is 32.7 Å². The van der Waals surface area contributed by atoms with Gasteiger partial charge in [0.25, 0.3) is 11.8 Å². The Balaban J connectivity index is 1.61. The summed E-state index contributed by atoms with van der Waals surface area (Å²) in [7, 11) is 0. The fourth-order valence-corrected chi connectivity index (χ4v) is 7.19. The molecule has 6 atom stereocenters. The van der Waals surface area contributed by atoms with Gasteiger partial charge in [-0.15, -0.1) is 0 Å². The van der Waals surface area contributed by atoms with Crippen molar-refractivity contribution in [3.63, 3.8) is 0 Å². The van der Waals surface area contributed by atoms with Crippen molar-refractivity contribution in [1.29, 1.82) is 0 Å². The van der Waals surface area contributed by atoms with E-state index in [-0.39, 0.29) is 42.8 Å². The van der Waals surface area contributed by atoms with Gasteiger partial charge >= 0.3 is 17.9 Å². The summed E-state index contributed by atoms with van der Waals surface area (Å²) in [5.74, 6) is -8.35. The SMILES string of the molecule is CC(=O)O[C@H]1C(=O)Nc2ccc(cc2)C[C@H](C(=O)O)NC(=O)[C@@H](CCc2ccccc2)NC(=O)[C@H](Cc2ccc(Cl)cc2Cl)NC(=O)[C@@H](Cc2ccccc2)NC(=O)[C@@H]1OC(C)=O. The number of esters is 2. The minimum Gasteiger partial charge on any atom is -0.480 e. The van der Waals surface area contributed by atoms with Crippen molar-refractivity contribution in [2.45, 2.75) is 82.3 Å². The Morgan fingerprint density at radius 3 is 1.71 bits per heavy atom. The van der Waals surface area contributed by atoms with Gasteiger partial charge in [0.2, 0.25) is 29.9 Å². The zero-order chi connectivity index (χ0) is 45.6. The van der Waals surface area contributed by atoms with Gasteiger partial charge in [-0.25, -0.2) is 4.79 Å². The van der Waals surface area contributed by atoms with Gasteiger partial charge in [-0.05, 0) is 59.4 Å². The lowest BCUT2D eigenvalue weighted by atomic mass is 10.00. The van der Waals surface area contributed by atoms with Gasteiger partial charge in [-0.3, -0.25) is 33.6 Å². The number of carbonyl (C=O) groups excluding carboxylic acids is 7. The monoisotopic (exact) mass is 901 g/mol. The Hall–Kier alpha value is -6.78. The number of carboxylic acids is 1. The smallest absolute Gasteiger partial charge is 0.326 e. The zero-order valence-electron chi connectivity index (χ0n) is 34.1. The Morgan fingerprint density at radius 2 is 1.14 bits per heavy atom. The molecule has 4 aromatic carbocycles. The number of amides is 5. The topological polar surface area (TPSA) is 235 Å². The second kappa shape index (κ2) is 22.4. The first kappa shape index (κ1) is 47.3. The Kier molecular flexibility index (Phi) is 16.8. The second-order valence-corrected chi connectivity index (χ2v) is 15.5. The molecule has 16 nitrogen and oxygen atoms in total. The standard InChI is InChI=1S/C45H45Cl2N5O11/c1-25(53)62-38-39(63-26(2)54)44(59)51-35(21-28-11-7-4-8-12-28)41(56)50-36(23-30-16-17-31(46)24-33(30)47)42(57)49-34(20-15-27-9-5-3-6-10-27)40(55)52-37(45(60)61)22-29-13-18-32(19-14-29)48-43(38)58/h3-14,16-19,24,34-39H,15,20-23H2,1-2H3,(H,48,58)(H,49,57)(H,50,56)(H,51,59)(H,52,55)(H,60,61)/t34-,35-,36+,37-,38-,39-/m1/s1. The quantitative estimate of drug-likeness (QED) is 0.0996. The molecule has 0 spiro atoms. The highest BCUT2D eigenvalue weighted by Gasteiger charge is 2.41. The van der Waals surface area contributed by atoms with Crippen molar-refractivity contribution in [3.8, 4) is 0 Å². The lowest BCUT2D eigenvalue weighted by Crippen LogP contribution is -2.60. The van der Waals surface area contributed by atoms with Gasteiger partial charge in [-0.1, -0.05) is 102 Å². The molecule has 330 valence electrons. The van der Waals surface area contributed by atoms with Gasteiger partial charge in [0.05, 0.1) is 0 Å². The molecular formula is C45H45Cl2N5O11. The number of aliphatic carboxylic acids is 1. The molecule has 5 amide bonds. The number of nitrogens with one attached hydrogen (secondary N) is 5. The van der Waals surface area contributed by atoms with E-state index in [1.807, 2.05) is 18.2 Å². The lowest BCUT2D eigenvalue weighted by molar-refractivity contribution is -0.173. The van der Waals surface area contributed by atoms with E-state index < -0.39 is 83.8 Å². The van der Waals surface area contributed by atoms with Crippen LogP contribution in [-0.2, 0) is 73.5 Å². The predicted molar refractivity (Wildman–Crippen MR) is 230 cm³/mol. The van der Waals surface area contributed by atoms with E-state index in [9.17, 15) is 43.5 Å². The fourth-order valence-electron chi connectivity index (χ4n) is 6.71. The van der Waals surface area contributed by atoms with Crippen LogP contribution < -0.4 is 26.6 Å². The molecule has 6 rings (SSSR count). The van der Waals surface area contributed by atoms with Gasteiger partial charge < -0.3 is 41.2 Å². The molecule has 0 saturated heterocycles. The van der Waals surface area contributed by atoms with Crippen LogP contribution in [0.15, 0.2) is 103 Å². The molecule has 2 aliphatic rings.